The Morgan fingerprint density at radius 3 is 2.69 bits per heavy atom. The number of benzene rings is 2. The van der Waals surface area contributed by atoms with Gasteiger partial charge in [0.05, 0.1) is 17.9 Å². The largest absolute Gasteiger partial charge is 0.481 e. The number of carboxylic acid groups (broad SMARTS) is 1. The van der Waals surface area contributed by atoms with E-state index in [9.17, 15) is 14.7 Å². The molecule has 138 valence electrons. The normalized spacial score (nSPS) is 21.3. The number of amides is 1. The van der Waals surface area contributed by atoms with Gasteiger partial charge in [-0.3, -0.25) is 9.59 Å². The minimum Gasteiger partial charge on any atom is -0.481 e. The third-order valence-electron chi connectivity index (χ3n) is 5.14. The van der Waals surface area contributed by atoms with Gasteiger partial charge in [0, 0.05) is 13.2 Å². The Labute approximate surface area is 153 Å². The maximum Gasteiger partial charge on any atom is 0.308 e. The van der Waals surface area contributed by atoms with Crippen molar-refractivity contribution >= 4 is 22.6 Å². The van der Waals surface area contributed by atoms with Crippen molar-refractivity contribution in [1.82, 2.24) is 5.32 Å². The maximum absolute atomic E-state index is 12.5. The molecule has 2 aromatic carbocycles. The molecule has 0 radical (unpaired) electrons. The molecule has 0 aliphatic carbocycles. The lowest BCUT2D eigenvalue weighted by molar-refractivity contribution is -0.142. The molecule has 0 bridgehead atoms. The number of carboxylic acids is 1. The van der Waals surface area contributed by atoms with Crippen molar-refractivity contribution in [3.05, 3.63) is 48.0 Å². The lowest BCUT2D eigenvalue weighted by Gasteiger charge is -2.32. The van der Waals surface area contributed by atoms with Gasteiger partial charge >= 0.3 is 5.97 Å². The SMILES string of the molecule is CC1(C(=O)NCC(Cc2ccc3ccccc3c2)C(=O)O)CCCOC1. The van der Waals surface area contributed by atoms with Gasteiger partial charge in [-0.2, -0.15) is 0 Å². The molecule has 2 atom stereocenters. The molecule has 1 fully saturated rings. The molecular formula is C21H25NO4. The van der Waals surface area contributed by atoms with Crippen molar-refractivity contribution < 1.29 is 19.4 Å². The minimum atomic E-state index is -0.900. The quantitative estimate of drug-likeness (QED) is 0.835. The van der Waals surface area contributed by atoms with Crippen LogP contribution in [0.5, 0.6) is 0 Å². The van der Waals surface area contributed by atoms with Crippen LogP contribution in [-0.4, -0.2) is 36.7 Å². The highest BCUT2D eigenvalue weighted by Crippen LogP contribution is 2.28. The van der Waals surface area contributed by atoms with Crippen LogP contribution in [-0.2, 0) is 20.7 Å². The second-order valence-electron chi connectivity index (χ2n) is 7.35. The first-order valence-electron chi connectivity index (χ1n) is 9.04. The van der Waals surface area contributed by atoms with Crippen LogP contribution < -0.4 is 5.32 Å². The van der Waals surface area contributed by atoms with E-state index in [0.717, 1.165) is 29.2 Å². The van der Waals surface area contributed by atoms with E-state index in [0.29, 0.717) is 19.6 Å². The summed E-state index contributed by atoms with van der Waals surface area (Å²) in [5, 5.41) is 14.6. The van der Waals surface area contributed by atoms with Gasteiger partial charge in [0.25, 0.3) is 0 Å². The Morgan fingerprint density at radius 2 is 2.00 bits per heavy atom. The van der Waals surface area contributed by atoms with Crippen LogP contribution in [0.25, 0.3) is 10.8 Å². The van der Waals surface area contributed by atoms with Gasteiger partial charge < -0.3 is 15.2 Å². The van der Waals surface area contributed by atoms with E-state index in [1.807, 2.05) is 49.4 Å². The van der Waals surface area contributed by atoms with Crippen LogP contribution in [0, 0.1) is 11.3 Å². The van der Waals surface area contributed by atoms with Crippen LogP contribution in [0.15, 0.2) is 42.5 Å². The number of aliphatic carboxylic acids is 1. The summed E-state index contributed by atoms with van der Waals surface area (Å²) in [6.45, 7) is 3.07. The molecule has 1 aliphatic rings. The zero-order chi connectivity index (χ0) is 18.6. The van der Waals surface area contributed by atoms with E-state index in [-0.39, 0.29) is 12.5 Å². The Balaban J connectivity index is 1.65. The van der Waals surface area contributed by atoms with E-state index >= 15 is 0 Å². The molecule has 26 heavy (non-hydrogen) atoms. The summed E-state index contributed by atoms with van der Waals surface area (Å²) >= 11 is 0. The number of hydrogen-bond acceptors (Lipinski definition) is 3. The average molecular weight is 355 g/mol. The molecule has 5 nitrogen and oxygen atoms in total. The van der Waals surface area contributed by atoms with Crippen LogP contribution >= 0.6 is 0 Å². The fourth-order valence-corrected chi connectivity index (χ4v) is 3.44. The number of ether oxygens (including phenoxy) is 1. The van der Waals surface area contributed by atoms with Crippen molar-refractivity contribution in [1.29, 1.82) is 0 Å². The van der Waals surface area contributed by atoms with Gasteiger partial charge in [0.15, 0.2) is 0 Å². The first-order chi connectivity index (χ1) is 12.5. The van der Waals surface area contributed by atoms with E-state index in [1.54, 1.807) is 0 Å². The number of carbonyl (C=O) groups is 2. The second-order valence-corrected chi connectivity index (χ2v) is 7.35. The molecular weight excluding hydrogens is 330 g/mol. The van der Waals surface area contributed by atoms with E-state index < -0.39 is 17.3 Å². The summed E-state index contributed by atoms with van der Waals surface area (Å²) in [7, 11) is 0. The maximum atomic E-state index is 12.5. The van der Waals surface area contributed by atoms with Crippen LogP contribution in [0.4, 0.5) is 0 Å². The average Bonchev–Trinajstić information content (AvgIpc) is 2.65. The first-order valence-corrected chi connectivity index (χ1v) is 9.04. The third kappa shape index (κ3) is 4.22. The van der Waals surface area contributed by atoms with Gasteiger partial charge in [-0.1, -0.05) is 42.5 Å². The Morgan fingerprint density at radius 1 is 1.23 bits per heavy atom. The molecule has 5 heteroatoms. The number of rotatable bonds is 6. The molecule has 3 rings (SSSR count). The molecule has 2 aromatic rings. The van der Waals surface area contributed by atoms with Gasteiger partial charge in [-0.05, 0) is 42.5 Å². The Bertz CT molecular complexity index is 795. The fraction of sp³-hybridized carbons (Fsp3) is 0.429. The second kappa shape index (κ2) is 7.87. The van der Waals surface area contributed by atoms with Crippen LogP contribution in [0.3, 0.4) is 0 Å². The zero-order valence-electron chi connectivity index (χ0n) is 15.0. The summed E-state index contributed by atoms with van der Waals surface area (Å²) in [6.07, 6.45) is 2.00. The van der Waals surface area contributed by atoms with Crippen molar-refractivity contribution in [2.75, 3.05) is 19.8 Å². The summed E-state index contributed by atoms with van der Waals surface area (Å²) in [4.78, 5) is 24.2. The highest BCUT2D eigenvalue weighted by atomic mass is 16.5. The van der Waals surface area contributed by atoms with Gasteiger partial charge in [0.2, 0.25) is 5.91 Å². The Kier molecular flexibility index (Phi) is 5.57. The zero-order valence-corrected chi connectivity index (χ0v) is 15.0. The monoisotopic (exact) mass is 355 g/mol. The van der Waals surface area contributed by atoms with Crippen LogP contribution in [0.2, 0.25) is 0 Å². The molecule has 2 unspecified atom stereocenters. The standard InChI is InChI=1S/C21H25NO4/c1-21(9-4-10-26-14-21)20(25)22-13-18(19(23)24)12-15-7-8-16-5-2-3-6-17(16)11-15/h2-3,5-8,11,18H,4,9-10,12-14H2,1H3,(H,22,25)(H,23,24). The number of nitrogens with one attached hydrogen (secondary N) is 1. The predicted molar refractivity (Wildman–Crippen MR) is 99.9 cm³/mol. The van der Waals surface area contributed by atoms with E-state index in [1.165, 1.54) is 0 Å². The molecule has 1 saturated heterocycles. The predicted octanol–water partition coefficient (Wildman–Crippen LogP) is 3.02. The lowest BCUT2D eigenvalue weighted by atomic mass is 9.83. The molecule has 2 N–H and O–H groups in total. The summed E-state index contributed by atoms with van der Waals surface area (Å²) in [5.41, 5.74) is 0.391. The minimum absolute atomic E-state index is 0.122. The highest BCUT2D eigenvalue weighted by Gasteiger charge is 2.36. The summed E-state index contributed by atoms with van der Waals surface area (Å²) in [5.74, 6) is -1.68. The van der Waals surface area contributed by atoms with Crippen molar-refractivity contribution in [2.45, 2.75) is 26.2 Å². The lowest BCUT2D eigenvalue weighted by Crippen LogP contribution is -2.46. The van der Waals surface area contributed by atoms with Crippen molar-refractivity contribution in [2.24, 2.45) is 11.3 Å². The Hall–Kier alpha value is -2.40. The molecule has 1 heterocycles. The van der Waals surface area contributed by atoms with Crippen LogP contribution in [0.1, 0.15) is 25.3 Å². The molecule has 1 aliphatic heterocycles. The smallest absolute Gasteiger partial charge is 0.308 e. The van der Waals surface area contributed by atoms with E-state index in [4.69, 9.17) is 4.74 Å². The van der Waals surface area contributed by atoms with Crippen molar-refractivity contribution in [3.63, 3.8) is 0 Å². The van der Waals surface area contributed by atoms with Crippen molar-refractivity contribution in [3.8, 4) is 0 Å². The molecule has 0 aromatic heterocycles. The van der Waals surface area contributed by atoms with Gasteiger partial charge in [-0.15, -0.1) is 0 Å². The topological polar surface area (TPSA) is 75.6 Å². The molecule has 0 saturated carbocycles. The molecule has 0 spiro atoms. The van der Waals surface area contributed by atoms with E-state index in [2.05, 4.69) is 5.32 Å². The number of hydrogen-bond donors (Lipinski definition) is 2. The fourth-order valence-electron chi connectivity index (χ4n) is 3.44. The highest BCUT2D eigenvalue weighted by molar-refractivity contribution is 5.84. The van der Waals surface area contributed by atoms with Gasteiger partial charge in [0.1, 0.15) is 0 Å². The number of carbonyl (C=O) groups excluding carboxylic acids is 1. The third-order valence-corrected chi connectivity index (χ3v) is 5.14. The van der Waals surface area contributed by atoms with Gasteiger partial charge in [-0.25, -0.2) is 0 Å². The summed E-state index contributed by atoms with van der Waals surface area (Å²) < 4.78 is 5.42. The number of fused-ring (bicyclic) bond motifs is 1. The summed E-state index contributed by atoms with van der Waals surface area (Å²) in [6, 6.07) is 14.0. The molecule has 1 amide bonds. The first kappa shape index (κ1) is 18.4.